The smallest absolute Gasteiger partial charge is 0.285 e. The molecule has 2 rings (SSSR count). The molecule has 1 aliphatic rings. The third-order valence-electron chi connectivity index (χ3n) is 3.33. The normalized spacial score (nSPS) is 19.9. The second-order valence-corrected chi connectivity index (χ2v) is 5.58. The van der Waals surface area contributed by atoms with E-state index in [2.05, 4.69) is 22.4 Å². The first kappa shape index (κ1) is 13.3. The lowest BCUT2D eigenvalue weighted by molar-refractivity contribution is 0.0599. The van der Waals surface area contributed by atoms with Gasteiger partial charge in [-0.3, -0.25) is 4.79 Å². The van der Waals surface area contributed by atoms with Crippen LogP contribution in [-0.4, -0.2) is 40.6 Å². The Kier molecular flexibility index (Phi) is 4.52. The Morgan fingerprint density at radius 3 is 3.00 bits per heavy atom. The van der Waals surface area contributed by atoms with Gasteiger partial charge in [-0.05, 0) is 25.7 Å². The van der Waals surface area contributed by atoms with Crippen molar-refractivity contribution in [3.8, 4) is 0 Å². The van der Waals surface area contributed by atoms with E-state index in [-0.39, 0.29) is 5.91 Å². The summed E-state index contributed by atoms with van der Waals surface area (Å²) in [6.07, 6.45) is 5.66. The number of hydrogen-bond donors (Lipinski definition) is 1. The van der Waals surface area contributed by atoms with Crippen molar-refractivity contribution >= 4 is 22.4 Å². The van der Waals surface area contributed by atoms with Crippen molar-refractivity contribution < 1.29 is 4.79 Å². The van der Waals surface area contributed by atoms with Gasteiger partial charge in [-0.25, -0.2) is 0 Å². The molecule has 2 heterocycles. The van der Waals surface area contributed by atoms with Gasteiger partial charge in [0.25, 0.3) is 5.91 Å². The number of anilines is 1. The van der Waals surface area contributed by atoms with Crippen molar-refractivity contribution in [2.45, 2.75) is 45.1 Å². The maximum Gasteiger partial charge on any atom is 0.285 e. The standard InChI is InChI=1S/C12H20N4OS/c1-3-6-9-7-4-5-8-16(9)11(17)10-14-15-12(13-2)18-10/h9H,3-8H2,1-2H3,(H,13,15). The van der Waals surface area contributed by atoms with Gasteiger partial charge in [0.1, 0.15) is 0 Å². The second-order valence-electron chi connectivity index (χ2n) is 4.60. The van der Waals surface area contributed by atoms with Crippen LogP contribution in [0.5, 0.6) is 0 Å². The molecule has 1 atom stereocenters. The number of aromatic nitrogens is 2. The molecule has 0 bridgehead atoms. The highest BCUT2D eigenvalue weighted by Crippen LogP contribution is 2.24. The van der Waals surface area contributed by atoms with Crippen LogP contribution in [0.15, 0.2) is 0 Å². The van der Waals surface area contributed by atoms with E-state index < -0.39 is 0 Å². The van der Waals surface area contributed by atoms with Gasteiger partial charge in [0.05, 0.1) is 0 Å². The number of rotatable bonds is 4. The topological polar surface area (TPSA) is 58.1 Å². The van der Waals surface area contributed by atoms with E-state index in [1.165, 1.54) is 17.8 Å². The molecule has 1 amide bonds. The van der Waals surface area contributed by atoms with E-state index in [4.69, 9.17) is 0 Å². The molecule has 1 aliphatic heterocycles. The van der Waals surface area contributed by atoms with E-state index in [1.54, 1.807) is 7.05 Å². The zero-order chi connectivity index (χ0) is 13.0. The average molecular weight is 268 g/mol. The van der Waals surface area contributed by atoms with Crippen LogP contribution in [0.25, 0.3) is 0 Å². The van der Waals surface area contributed by atoms with Crippen LogP contribution in [0, 0.1) is 0 Å². The van der Waals surface area contributed by atoms with Crippen molar-refractivity contribution in [3.05, 3.63) is 5.01 Å². The number of hydrogen-bond acceptors (Lipinski definition) is 5. The summed E-state index contributed by atoms with van der Waals surface area (Å²) in [4.78, 5) is 14.4. The van der Waals surface area contributed by atoms with E-state index >= 15 is 0 Å². The largest absolute Gasteiger partial charge is 0.363 e. The van der Waals surface area contributed by atoms with Gasteiger partial charge >= 0.3 is 0 Å². The van der Waals surface area contributed by atoms with Gasteiger partial charge < -0.3 is 10.2 Å². The van der Waals surface area contributed by atoms with Gasteiger partial charge in [0.15, 0.2) is 0 Å². The molecular weight excluding hydrogens is 248 g/mol. The van der Waals surface area contributed by atoms with E-state index in [9.17, 15) is 4.79 Å². The van der Waals surface area contributed by atoms with E-state index in [1.807, 2.05) is 4.90 Å². The highest BCUT2D eigenvalue weighted by atomic mass is 32.1. The summed E-state index contributed by atoms with van der Waals surface area (Å²) in [7, 11) is 1.79. The molecule has 0 saturated carbocycles. The minimum Gasteiger partial charge on any atom is -0.363 e. The number of likely N-dealkylation sites (tertiary alicyclic amines) is 1. The molecule has 0 radical (unpaired) electrons. The fraction of sp³-hybridized carbons (Fsp3) is 0.750. The summed E-state index contributed by atoms with van der Waals surface area (Å²) in [6, 6.07) is 0.387. The fourth-order valence-corrected chi connectivity index (χ4v) is 3.09. The van der Waals surface area contributed by atoms with Crippen molar-refractivity contribution in [2.75, 3.05) is 18.9 Å². The van der Waals surface area contributed by atoms with Crippen molar-refractivity contribution in [3.63, 3.8) is 0 Å². The Bertz CT molecular complexity index is 405. The van der Waals surface area contributed by atoms with E-state index in [0.717, 1.165) is 32.2 Å². The summed E-state index contributed by atoms with van der Waals surface area (Å²) in [5.41, 5.74) is 0. The molecule has 18 heavy (non-hydrogen) atoms. The molecule has 1 aromatic heterocycles. The molecule has 0 aliphatic carbocycles. The van der Waals surface area contributed by atoms with Gasteiger partial charge in [-0.15, -0.1) is 10.2 Å². The summed E-state index contributed by atoms with van der Waals surface area (Å²) < 4.78 is 0. The van der Waals surface area contributed by atoms with Crippen LogP contribution in [0.4, 0.5) is 5.13 Å². The molecule has 100 valence electrons. The number of carbonyl (C=O) groups excluding carboxylic acids is 1. The quantitative estimate of drug-likeness (QED) is 0.911. The highest BCUT2D eigenvalue weighted by Gasteiger charge is 2.28. The minimum absolute atomic E-state index is 0.0483. The summed E-state index contributed by atoms with van der Waals surface area (Å²) >= 11 is 1.33. The summed E-state index contributed by atoms with van der Waals surface area (Å²) in [5.74, 6) is 0.0483. The summed E-state index contributed by atoms with van der Waals surface area (Å²) in [5, 5.41) is 12.0. The minimum atomic E-state index is 0.0483. The number of nitrogens with zero attached hydrogens (tertiary/aromatic N) is 3. The average Bonchev–Trinajstić information content (AvgIpc) is 2.88. The molecule has 1 aromatic rings. The van der Waals surface area contributed by atoms with Crippen LogP contribution in [-0.2, 0) is 0 Å². The van der Waals surface area contributed by atoms with Gasteiger partial charge in [0, 0.05) is 19.6 Å². The van der Waals surface area contributed by atoms with Crippen LogP contribution >= 0.6 is 11.3 Å². The lowest BCUT2D eigenvalue weighted by Gasteiger charge is -2.35. The van der Waals surface area contributed by atoms with Crippen LogP contribution < -0.4 is 5.32 Å². The lowest BCUT2D eigenvalue weighted by Crippen LogP contribution is -2.43. The van der Waals surface area contributed by atoms with Crippen molar-refractivity contribution in [1.82, 2.24) is 15.1 Å². The van der Waals surface area contributed by atoms with Crippen LogP contribution in [0.2, 0.25) is 0 Å². The maximum absolute atomic E-state index is 12.4. The molecule has 0 aromatic carbocycles. The van der Waals surface area contributed by atoms with Gasteiger partial charge in [0.2, 0.25) is 10.1 Å². The SMILES string of the molecule is CCCC1CCCCN1C(=O)c1nnc(NC)s1. The van der Waals surface area contributed by atoms with Crippen LogP contribution in [0.3, 0.4) is 0 Å². The molecule has 6 heteroatoms. The number of nitrogens with one attached hydrogen (secondary N) is 1. The zero-order valence-electron chi connectivity index (χ0n) is 11.0. The third-order valence-corrected chi connectivity index (χ3v) is 4.26. The predicted octanol–water partition coefficient (Wildman–Crippen LogP) is 2.37. The Balaban J connectivity index is 2.10. The molecule has 1 unspecified atom stereocenters. The molecule has 1 N–H and O–H groups in total. The Labute approximate surface area is 112 Å². The fourth-order valence-electron chi connectivity index (χ4n) is 2.43. The number of piperidine rings is 1. The first-order valence-corrected chi connectivity index (χ1v) is 7.40. The molecule has 5 nitrogen and oxygen atoms in total. The Morgan fingerprint density at radius 1 is 1.50 bits per heavy atom. The van der Waals surface area contributed by atoms with E-state index in [0.29, 0.717) is 16.2 Å². The first-order valence-electron chi connectivity index (χ1n) is 6.58. The Morgan fingerprint density at radius 2 is 2.33 bits per heavy atom. The van der Waals surface area contributed by atoms with Crippen LogP contribution in [0.1, 0.15) is 48.8 Å². The van der Waals surface area contributed by atoms with Gasteiger partial charge in [-0.1, -0.05) is 24.7 Å². The number of carbonyl (C=O) groups is 1. The van der Waals surface area contributed by atoms with Gasteiger partial charge in [-0.2, -0.15) is 0 Å². The molecular formula is C12H20N4OS. The monoisotopic (exact) mass is 268 g/mol. The van der Waals surface area contributed by atoms with Crippen molar-refractivity contribution in [1.29, 1.82) is 0 Å². The molecule has 1 saturated heterocycles. The highest BCUT2D eigenvalue weighted by molar-refractivity contribution is 7.17. The third kappa shape index (κ3) is 2.80. The number of amides is 1. The zero-order valence-corrected chi connectivity index (χ0v) is 11.8. The second kappa shape index (κ2) is 6.13. The molecule has 1 fully saturated rings. The predicted molar refractivity (Wildman–Crippen MR) is 73.0 cm³/mol. The maximum atomic E-state index is 12.4. The Hall–Kier alpha value is -1.17. The van der Waals surface area contributed by atoms with Crippen molar-refractivity contribution in [2.24, 2.45) is 0 Å². The molecule has 0 spiro atoms. The lowest BCUT2D eigenvalue weighted by atomic mass is 9.98. The summed E-state index contributed by atoms with van der Waals surface area (Å²) in [6.45, 7) is 3.03. The first-order chi connectivity index (χ1) is 8.76.